The molecule has 1 aliphatic carbocycles. The van der Waals surface area contributed by atoms with E-state index in [4.69, 9.17) is 9.97 Å². The van der Waals surface area contributed by atoms with Crippen molar-refractivity contribution in [1.82, 2.24) is 9.97 Å². The van der Waals surface area contributed by atoms with Crippen molar-refractivity contribution in [2.45, 2.75) is 19.3 Å². The Balaban J connectivity index is 1.09. The van der Waals surface area contributed by atoms with Crippen LogP contribution in [0, 0.1) is 0 Å². The van der Waals surface area contributed by atoms with Gasteiger partial charge in [-0.25, -0.2) is 9.97 Å². The van der Waals surface area contributed by atoms with Crippen molar-refractivity contribution in [3.8, 4) is 67.3 Å². The van der Waals surface area contributed by atoms with Gasteiger partial charge in [-0.05, 0) is 113 Å². The average molecular weight is 727 g/mol. The molecule has 1 aromatic heterocycles. The Labute approximate surface area is 332 Å². The first kappa shape index (κ1) is 33.2. The zero-order chi connectivity index (χ0) is 38.1. The van der Waals surface area contributed by atoms with Gasteiger partial charge in [0.25, 0.3) is 0 Å². The van der Waals surface area contributed by atoms with Crippen LogP contribution in [0.4, 0.5) is 0 Å². The van der Waals surface area contributed by atoms with E-state index in [0.717, 1.165) is 39.0 Å². The summed E-state index contributed by atoms with van der Waals surface area (Å²) < 4.78 is 0. The molecule has 2 heteroatoms. The summed E-state index contributed by atoms with van der Waals surface area (Å²) in [5.74, 6) is 0.708. The highest BCUT2D eigenvalue weighted by molar-refractivity contribution is 6.05. The van der Waals surface area contributed by atoms with Crippen molar-refractivity contribution in [3.63, 3.8) is 0 Å². The van der Waals surface area contributed by atoms with Gasteiger partial charge in [0.15, 0.2) is 5.82 Å². The first-order valence-corrected chi connectivity index (χ1v) is 19.7. The monoisotopic (exact) mass is 726 g/mol. The topological polar surface area (TPSA) is 25.8 Å². The van der Waals surface area contributed by atoms with Gasteiger partial charge in [0.05, 0.1) is 11.4 Å². The van der Waals surface area contributed by atoms with E-state index in [-0.39, 0.29) is 5.41 Å². The average Bonchev–Trinajstić information content (AvgIpc) is 3.49. The lowest BCUT2D eigenvalue weighted by Crippen LogP contribution is -2.14. The minimum atomic E-state index is -0.0795. The molecule has 0 N–H and O–H groups in total. The summed E-state index contributed by atoms with van der Waals surface area (Å²) in [5, 5.41) is 7.23. The van der Waals surface area contributed by atoms with Crippen molar-refractivity contribution < 1.29 is 0 Å². The largest absolute Gasteiger partial charge is 0.228 e. The Hall–Kier alpha value is -7.16. The number of rotatable bonds is 5. The van der Waals surface area contributed by atoms with Crippen LogP contribution < -0.4 is 0 Å². The van der Waals surface area contributed by atoms with Crippen LogP contribution in [0.5, 0.6) is 0 Å². The summed E-state index contributed by atoms with van der Waals surface area (Å²) in [4.78, 5) is 10.8. The molecule has 11 rings (SSSR count). The van der Waals surface area contributed by atoms with Crippen LogP contribution in [0.3, 0.4) is 0 Å². The fraction of sp³-hybridized carbons (Fsp3) is 0.0545. The van der Waals surface area contributed by atoms with E-state index in [9.17, 15) is 0 Å². The van der Waals surface area contributed by atoms with Gasteiger partial charge in [0.1, 0.15) is 0 Å². The lowest BCUT2D eigenvalue weighted by Gasteiger charge is -2.22. The highest BCUT2D eigenvalue weighted by atomic mass is 14.9. The van der Waals surface area contributed by atoms with Crippen molar-refractivity contribution >= 4 is 32.3 Å². The Morgan fingerprint density at radius 3 is 1.74 bits per heavy atom. The number of hydrogen-bond acceptors (Lipinski definition) is 2. The van der Waals surface area contributed by atoms with Crippen LogP contribution in [0.2, 0.25) is 0 Å². The molecule has 0 saturated heterocycles. The van der Waals surface area contributed by atoms with Gasteiger partial charge in [-0.1, -0.05) is 172 Å². The molecular formula is C55H38N2. The molecule has 1 aliphatic rings. The van der Waals surface area contributed by atoms with Crippen molar-refractivity contribution in [2.75, 3.05) is 0 Å². The third-order valence-corrected chi connectivity index (χ3v) is 12.1. The second kappa shape index (κ2) is 13.0. The highest BCUT2D eigenvalue weighted by Gasteiger charge is 2.36. The Morgan fingerprint density at radius 1 is 0.316 bits per heavy atom. The summed E-state index contributed by atoms with van der Waals surface area (Å²) in [5.41, 5.74) is 15.0. The van der Waals surface area contributed by atoms with Gasteiger partial charge in [-0.2, -0.15) is 0 Å². The molecule has 0 fully saturated rings. The van der Waals surface area contributed by atoms with Gasteiger partial charge in [-0.3, -0.25) is 0 Å². The zero-order valence-corrected chi connectivity index (χ0v) is 31.9. The summed E-state index contributed by atoms with van der Waals surface area (Å²) in [6, 6.07) is 70.2. The Kier molecular flexibility index (Phi) is 7.55. The van der Waals surface area contributed by atoms with E-state index < -0.39 is 0 Å². The molecule has 0 saturated carbocycles. The van der Waals surface area contributed by atoms with Gasteiger partial charge in [0.2, 0.25) is 0 Å². The number of aromatic nitrogens is 2. The van der Waals surface area contributed by atoms with E-state index in [1.165, 1.54) is 65.9 Å². The zero-order valence-electron chi connectivity index (χ0n) is 31.9. The standard InChI is InChI=1S/C55H38N2/c1-55(2)50-29-26-40(32-48(50)49-31-38-17-6-7-18-39(38)33-51(49)55)43-27-28-47(45-24-11-10-23-44(43)45)54-56-52(41-21-12-20-37(30-41)35-14-4-3-5-15-35)34-53(57-54)46-25-13-19-36-16-8-9-22-42(36)46/h3-34H,1-2H3. The minimum Gasteiger partial charge on any atom is -0.228 e. The SMILES string of the molecule is CC1(C)c2ccc(-c3ccc(-c4nc(-c5cccc(-c6ccccc6)c5)cc(-c5cccc6ccccc56)n4)c4ccccc34)cc2-c2cc3ccccc3cc21. The molecule has 0 aliphatic heterocycles. The number of nitrogens with zero attached hydrogens (tertiary/aromatic N) is 2. The molecule has 1 heterocycles. The maximum absolute atomic E-state index is 5.38. The van der Waals surface area contributed by atoms with E-state index in [1.54, 1.807) is 0 Å². The lowest BCUT2D eigenvalue weighted by atomic mass is 9.81. The molecule has 0 atom stereocenters. The summed E-state index contributed by atoms with van der Waals surface area (Å²) in [7, 11) is 0. The molecule has 57 heavy (non-hydrogen) atoms. The van der Waals surface area contributed by atoms with Crippen molar-refractivity contribution in [2.24, 2.45) is 0 Å². The van der Waals surface area contributed by atoms with Gasteiger partial charge in [-0.15, -0.1) is 0 Å². The summed E-state index contributed by atoms with van der Waals surface area (Å²) >= 11 is 0. The predicted octanol–water partition coefficient (Wildman–Crippen LogP) is 14.6. The summed E-state index contributed by atoms with van der Waals surface area (Å²) in [6.45, 7) is 4.71. The lowest BCUT2D eigenvalue weighted by molar-refractivity contribution is 0.661. The van der Waals surface area contributed by atoms with E-state index >= 15 is 0 Å². The molecule has 0 radical (unpaired) electrons. The maximum atomic E-state index is 5.38. The third kappa shape index (κ3) is 5.48. The normalized spacial score (nSPS) is 12.9. The van der Waals surface area contributed by atoms with Crippen LogP contribution >= 0.6 is 0 Å². The molecule has 2 nitrogen and oxygen atoms in total. The molecule has 10 aromatic rings. The van der Waals surface area contributed by atoms with Crippen LogP contribution in [0.15, 0.2) is 194 Å². The van der Waals surface area contributed by atoms with Gasteiger partial charge in [0, 0.05) is 22.1 Å². The van der Waals surface area contributed by atoms with E-state index in [0.29, 0.717) is 5.82 Å². The van der Waals surface area contributed by atoms with Crippen LogP contribution in [-0.2, 0) is 5.41 Å². The second-order valence-electron chi connectivity index (χ2n) is 15.8. The second-order valence-corrected chi connectivity index (χ2v) is 15.8. The van der Waals surface area contributed by atoms with Crippen molar-refractivity contribution in [3.05, 3.63) is 205 Å². The maximum Gasteiger partial charge on any atom is 0.161 e. The molecule has 0 spiro atoms. The fourth-order valence-corrected chi connectivity index (χ4v) is 9.14. The highest BCUT2D eigenvalue weighted by Crippen LogP contribution is 2.51. The molecule has 9 aromatic carbocycles. The number of fused-ring (bicyclic) bond motifs is 6. The smallest absolute Gasteiger partial charge is 0.161 e. The molecule has 0 unspecified atom stereocenters. The first-order valence-electron chi connectivity index (χ1n) is 19.7. The van der Waals surface area contributed by atoms with Crippen LogP contribution in [-0.4, -0.2) is 9.97 Å². The van der Waals surface area contributed by atoms with Gasteiger partial charge < -0.3 is 0 Å². The predicted molar refractivity (Wildman–Crippen MR) is 239 cm³/mol. The fourth-order valence-electron chi connectivity index (χ4n) is 9.14. The van der Waals surface area contributed by atoms with Crippen LogP contribution in [0.25, 0.3) is 99.6 Å². The molecule has 0 bridgehead atoms. The Morgan fingerprint density at radius 2 is 0.912 bits per heavy atom. The first-order chi connectivity index (χ1) is 28.0. The van der Waals surface area contributed by atoms with E-state index in [2.05, 4.69) is 208 Å². The quantitative estimate of drug-likeness (QED) is 0.176. The number of hydrogen-bond donors (Lipinski definition) is 0. The molecule has 268 valence electrons. The third-order valence-electron chi connectivity index (χ3n) is 12.1. The number of benzene rings is 9. The van der Waals surface area contributed by atoms with E-state index in [1.807, 2.05) is 0 Å². The molecule has 0 amide bonds. The van der Waals surface area contributed by atoms with Crippen molar-refractivity contribution in [1.29, 1.82) is 0 Å². The summed E-state index contributed by atoms with van der Waals surface area (Å²) in [6.07, 6.45) is 0. The van der Waals surface area contributed by atoms with Gasteiger partial charge >= 0.3 is 0 Å². The van der Waals surface area contributed by atoms with Crippen LogP contribution in [0.1, 0.15) is 25.0 Å². The molecular weight excluding hydrogens is 689 g/mol. The minimum absolute atomic E-state index is 0.0795. The Bertz CT molecular complexity index is 3210.